The minimum Gasteiger partial charge on any atom is -0.492 e. The number of nitrogens with zero attached hydrogens (tertiary/aromatic N) is 4. The number of thiazole rings is 1. The van der Waals surface area contributed by atoms with Crippen molar-refractivity contribution in [3.8, 4) is 5.88 Å². The number of hydrogen-bond acceptors (Lipinski definition) is 6. The molecule has 1 fully saturated rings. The van der Waals surface area contributed by atoms with Gasteiger partial charge in [0.2, 0.25) is 10.8 Å². The van der Waals surface area contributed by atoms with E-state index in [1.807, 2.05) is 6.92 Å². The number of aromatic hydroxyl groups is 1. The van der Waals surface area contributed by atoms with Crippen molar-refractivity contribution in [3.05, 3.63) is 46.1 Å². The zero-order valence-electron chi connectivity index (χ0n) is 15.5. The molecule has 0 unspecified atom stereocenters. The highest BCUT2D eigenvalue weighted by atomic mass is 32.1. The lowest BCUT2D eigenvalue weighted by atomic mass is 10.00. The zero-order valence-corrected chi connectivity index (χ0v) is 16.3. The number of benzene rings is 1. The van der Waals surface area contributed by atoms with Gasteiger partial charge in [-0.05, 0) is 33.3 Å². The second-order valence-electron chi connectivity index (χ2n) is 7.17. The van der Waals surface area contributed by atoms with Crippen LogP contribution in [0.5, 0.6) is 5.88 Å². The van der Waals surface area contributed by atoms with Crippen LogP contribution < -0.4 is 0 Å². The van der Waals surface area contributed by atoms with Gasteiger partial charge in [0.05, 0.1) is 23.1 Å². The van der Waals surface area contributed by atoms with Crippen molar-refractivity contribution in [3.63, 3.8) is 0 Å². The van der Waals surface area contributed by atoms with Gasteiger partial charge in [-0.15, -0.1) is 5.10 Å². The average Bonchev–Trinajstić information content (AvgIpc) is 3.05. The quantitative estimate of drug-likeness (QED) is 0.764. The number of fused-ring (bicyclic) bond motifs is 1. The first kappa shape index (κ1) is 17.5. The van der Waals surface area contributed by atoms with Gasteiger partial charge in [0.1, 0.15) is 5.82 Å². The number of hydrogen-bond donors (Lipinski definition) is 1. The molecule has 7 heteroatoms. The van der Waals surface area contributed by atoms with Crippen molar-refractivity contribution in [2.24, 2.45) is 0 Å². The van der Waals surface area contributed by atoms with E-state index in [1.54, 1.807) is 4.52 Å². The maximum absolute atomic E-state index is 10.9. The van der Waals surface area contributed by atoms with Gasteiger partial charge >= 0.3 is 0 Å². The molecule has 0 bridgehead atoms. The SMILES string of the molecule is Cc1cccc([C@H](c2sc3nc(C)nn3c2O)N2C[C@@H](C)O[C@H](C)C2)c1. The number of aryl methyl sites for hydroxylation is 2. The predicted octanol–water partition coefficient (Wildman–Crippen LogP) is 3.31. The molecule has 1 aliphatic heterocycles. The van der Waals surface area contributed by atoms with Gasteiger partial charge in [-0.25, -0.2) is 4.98 Å². The fourth-order valence-electron chi connectivity index (χ4n) is 3.82. The molecule has 1 saturated heterocycles. The standard InChI is InChI=1S/C19H24N4O2S/c1-11-6-5-7-15(8-11)16(22-9-12(2)25-13(3)10-22)17-18(24)23-19(26-17)20-14(4)21-23/h5-8,12-13,16,24H,9-10H2,1-4H3/t12-,13-,16-/m1/s1. The Balaban J connectivity index is 1.84. The molecule has 4 rings (SSSR count). The Morgan fingerprint density at radius 1 is 1.23 bits per heavy atom. The Kier molecular flexibility index (Phi) is 4.46. The van der Waals surface area contributed by atoms with Crippen molar-refractivity contribution >= 4 is 16.3 Å². The highest BCUT2D eigenvalue weighted by Crippen LogP contribution is 2.41. The van der Waals surface area contributed by atoms with Crippen LogP contribution in [0.3, 0.4) is 0 Å². The molecule has 2 aromatic heterocycles. The second-order valence-corrected chi connectivity index (χ2v) is 8.18. The summed E-state index contributed by atoms with van der Waals surface area (Å²) in [4.78, 5) is 8.43. The molecule has 0 aliphatic carbocycles. The summed E-state index contributed by atoms with van der Waals surface area (Å²) in [5.41, 5.74) is 2.37. The van der Waals surface area contributed by atoms with Crippen LogP contribution in [-0.2, 0) is 4.74 Å². The maximum atomic E-state index is 10.9. The third-order valence-electron chi connectivity index (χ3n) is 4.72. The number of morpholine rings is 1. The van der Waals surface area contributed by atoms with Gasteiger partial charge in [-0.2, -0.15) is 4.52 Å². The van der Waals surface area contributed by atoms with Gasteiger partial charge in [0, 0.05) is 13.1 Å². The highest BCUT2D eigenvalue weighted by Gasteiger charge is 2.34. The summed E-state index contributed by atoms with van der Waals surface area (Å²) in [6.45, 7) is 9.76. The first-order chi connectivity index (χ1) is 12.4. The summed E-state index contributed by atoms with van der Waals surface area (Å²) in [6.07, 6.45) is 0.301. The summed E-state index contributed by atoms with van der Waals surface area (Å²) in [5, 5.41) is 15.2. The molecule has 3 atom stereocenters. The molecule has 1 N–H and O–H groups in total. The summed E-state index contributed by atoms with van der Waals surface area (Å²) in [7, 11) is 0. The van der Waals surface area contributed by atoms with Crippen molar-refractivity contribution in [1.29, 1.82) is 0 Å². The molecule has 0 radical (unpaired) electrons. The van der Waals surface area contributed by atoms with E-state index in [4.69, 9.17) is 4.74 Å². The van der Waals surface area contributed by atoms with Crippen molar-refractivity contribution in [1.82, 2.24) is 19.5 Å². The minimum absolute atomic E-state index is 0.0440. The van der Waals surface area contributed by atoms with E-state index in [1.165, 1.54) is 22.5 Å². The average molecular weight is 372 g/mol. The molecule has 1 aliphatic rings. The van der Waals surface area contributed by atoms with Crippen LogP contribution in [0.15, 0.2) is 24.3 Å². The minimum atomic E-state index is -0.0440. The van der Waals surface area contributed by atoms with Crippen LogP contribution in [0, 0.1) is 13.8 Å². The van der Waals surface area contributed by atoms with E-state index in [9.17, 15) is 5.11 Å². The third-order valence-corrected chi connectivity index (χ3v) is 5.80. The van der Waals surface area contributed by atoms with E-state index in [-0.39, 0.29) is 24.1 Å². The zero-order chi connectivity index (χ0) is 18.4. The Bertz CT molecular complexity index is 925. The summed E-state index contributed by atoms with van der Waals surface area (Å²) < 4.78 is 7.47. The van der Waals surface area contributed by atoms with Crippen LogP contribution in [0.2, 0.25) is 0 Å². The predicted molar refractivity (Wildman–Crippen MR) is 102 cm³/mol. The van der Waals surface area contributed by atoms with Gasteiger partial charge in [-0.1, -0.05) is 41.2 Å². The molecule has 138 valence electrons. The topological polar surface area (TPSA) is 62.9 Å². The lowest BCUT2D eigenvalue weighted by molar-refractivity contribution is -0.0764. The van der Waals surface area contributed by atoms with Gasteiger partial charge in [0.25, 0.3) is 0 Å². The van der Waals surface area contributed by atoms with Gasteiger partial charge in [0.15, 0.2) is 0 Å². The monoisotopic (exact) mass is 372 g/mol. The van der Waals surface area contributed by atoms with Crippen molar-refractivity contribution in [2.45, 2.75) is 45.9 Å². The van der Waals surface area contributed by atoms with Crippen molar-refractivity contribution in [2.75, 3.05) is 13.1 Å². The maximum Gasteiger partial charge on any atom is 0.230 e. The molecule has 3 aromatic rings. The van der Waals surface area contributed by atoms with E-state index in [2.05, 4.69) is 60.0 Å². The largest absolute Gasteiger partial charge is 0.492 e. The molecule has 0 spiro atoms. The summed E-state index contributed by atoms with van der Waals surface area (Å²) in [5.74, 6) is 0.850. The molecule has 6 nitrogen and oxygen atoms in total. The third kappa shape index (κ3) is 3.11. The Hall–Kier alpha value is -1.96. The first-order valence-electron chi connectivity index (χ1n) is 8.93. The van der Waals surface area contributed by atoms with Crippen LogP contribution in [-0.4, -0.2) is 49.9 Å². The first-order valence-corrected chi connectivity index (χ1v) is 9.75. The molecular weight excluding hydrogens is 348 g/mol. The molecule has 26 heavy (non-hydrogen) atoms. The molecule has 1 aromatic carbocycles. The normalized spacial score (nSPS) is 22.8. The summed E-state index contributed by atoms with van der Waals surface area (Å²) in [6, 6.07) is 8.44. The van der Waals surface area contributed by atoms with Gasteiger partial charge in [-0.3, -0.25) is 4.90 Å². The Labute approximate surface area is 157 Å². The van der Waals surface area contributed by atoms with Crippen LogP contribution in [0.1, 0.15) is 41.7 Å². The van der Waals surface area contributed by atoms with Crippen molar-refractivity contribution < 1.29 is 9.84 Å². The van der Waals surface area contributed by atoms with Crippen LogP contribution >= 0.6 is 11.3 Å². The fourth-order valence-corrected chi connectivity index (χ4v) is 4.99. The lowest BCUT2D eigenvalue weighted by Crippen LogP contribution is -2.47. The molecule has 0 amide bonds. The molecular formula is C19H24N4O2S. The second kappa shape index (κ2) is 6.64. The lowest BCUT2D eigenvalue weighted by Gasteiger charge is -2.40. The highest BCUT2D eigenvalue weighted by molar-refractivity contribution is 7.17. The van der Waals surface area contributed by atoms with E-state index in [0.717, 1.165) is 22.9 Å². The molecule has 0 saturated carbocycles. The smallest absolute Gasteiger partial charge is 0.230 e. The van der Waals surface area contributed by atoms with Crippen LogP contribution in [0.4, 0.5) is 0 Å². The number of aromatic nitrogens is 3. The van der Waals surface area contributed by atoms with E-state index >= 15 is 0 Å². The Morgan fingerprint density at radius 2 is 1.96 bits per heavy atom. The number of ether oxygens (including phenoxy) is 1. The Morgan fingerprint density at radius 3 is 2.62 bits per heavy atom. The van der Waals surface area contributed by atoms with E-state index < -0.39 is 0 Å². The summed E-state index contributed by atoms with van der Waals surface area (Å²) >= 11 is 1.51. The van der Waals surface area contributed by atoms with E-state index in [0.29, 0.717) is 5.82 Å². The van der Waals surface area contributed by atoms with Crippen LogP contribution in [0.25, 0.3) is 4.96 Å². The fraction of sp³-hybridized carbons (Fsp3) is 0.474. The number of rotatable bonds is 3. The molecule has 3 heterocycles. The van der Waals surface area contributed by atoms with Gasteiger partial charge < -0.3 is 9.84 Å².